The minimum atomic E-state index is -2.75. The Morgan fingerprint density at radius 3 is 1.07 bits per heavy atom. The molecular formula is C26H24Br3P. The third-order valence-corrected chi connectivity index (χ3v) is 16.2. The zero-order chi connectivity index (χ0) is 21.3. The van der Waals surface area contributed by atoms with E-state index in [1.54, 1.807) is 0 Å². The van der Waals surface area contributed by atoms with E-state index in [-0.39, 0.29) is 0 Å². The van der Waals surface area contributed by atoms with Gasteiger partial charge in [0, 0.05) is 5.33 Å². The van der Waals surface area contributed by atoms with Crippen LogP contribution in [0, 0.1) is 0 Å². The van der Waals surface area contributed by atoms with Gasteiger partial charge in [-0.2, -0.15) is 0 Å². The second-order valence-electron chi connectivity index (χ2n) is 6.84. The van der Waals surface area contributed by atoms with E-state index in [0.717, 1.165) is 11.8 Å². The van der Waals surface area contributed by atoms with Crippen LogP contribution in [0.2, 0.25) is 0 Å². The molecule has 4 aromatic carbocycles. The quantitative estimate of drug-likeness (QED) is 0.161. The van der Waals surface area contributed by atoms with Crippen molar-refractivity contribution in [2.45, 2.75) is 6.42 Å². The molecule has 0 aromatic heterocycles. The van der Waals surface area contributed by atoms with Gasteiger partial charge < -0.3 is 0 Å². The van der Waals surface area contributed by atoms with Crippen LogP contribution in [0.15, 0.2) is 121 Å². The zero-order valence-electron chi connectivity index (χ0n) is 16.5. The number of hydrogen-bond donors (Lipinski definition) is 0. The van der Waals surface area contributed by atoms with Gasteiger partial charge in [0.15, 0.2) is 0 Å². The van der Waals surface area contributed by atoms with Crippen molar-refractivity contribution in [1.29, 1.82) is 0 Å². The Kier molecular flexibility index (Phi) is 8.48. The van der Waals surface area contributed by atoms with Crippen LogP contribution in [-0.4, -0.2) is 5.33 Å². The Morgan fingerprint density at radius 1 is 0.467 bits per heavy atom. The fourth-order valence-electron chi connectivity index (χ4n) is 3.27. The molecule has 0 radical (unpaired) electrons. The van der Waals surface area contributed by atoms with Gasteiger partial charge in [-0.15, -0.1) is 0 Å². The third kappa shape index (κ3) is 5.32. The molecule has 4 rings (SSSR count). The van der Waals surface area contributed by atoms with E-state index in [0.29, 0.717) is 0 Å². The van der Waals surface area contributed by atoms with Crippen molar-refractivity contribution in [3.63, 3.8) is 0 Å². The Hall–Kier alpha value is -1.25. The van der Waals surface area contributed by atoms with Crippen LogP contribution in [0.1, 0.15) is 5.56 Å². The van der Waals surface area contributed by atoms with Gasteiger partial charge in [-0.25, -0.2) is 0 Å². The van der Waals surface area contributed by atoms with Crippen LogP contribution >= 0.6 is 50.9 Å². The van der Waals surface area contributed by atoms with E-state index in [1.165, 1.54) is 21.5 Å². The van der Waals surface area contributed by atoms with Gasteiger partial charge in [-0.05, 0) is 12.0 Å². The van der Waals surface area contributed by atoms with Crippen molar-refractivity contribution in [3.8, 4) is 0 Å². The first-order valence-corrected chi connectivity index (χ1v) is 17.2. The van der Waals surface area contributed by atoms with Gasteiger partial charge in [0.1, 0.15) is 0 Å². The van der Waals surface area contributed by atoms with Crippen LogP contribution < -0.4 is 15.9 Å². The summed E-state index contributed by atoms with van der Waals surface area (Å²) in [4.78, 5) is 0. The summed E-state index contributed by atoms with van der Waals surface area (Å²) >= 11 is 11.7. The summed E-state index contributed by atoms with van der Waals surface area (Å²) in [5.74, 6) is 0. The molecule has 0 aliphatic rings. The van der Waals surface area contributed by atoms with Crippen LogP contribution in [0.25, 0.3) is 0 Å². The first kappa shape index (κ1) is 23.4. The van der Waals surface area contributed by atoms with E-state index in [9.17, 15) is 0 Å². The average Bonchev–Trinajstić information content (AvgIpc) is 2.82. The molecule has 0 fully saturated rings. The van der Waals surface area contributed by atoms with Crippen LogP contribution in [-0.2, 0) is 6.42 Å². The maximum absolute atomic E-state index is 4.16. The van der Waals surface area contributed by atoms with Crippen molar-refractivity contribution in [2.24, 2.45) is 0 Å². The number of hydrogen-bond acceptors (Lipinski definition) is 0. The van der Waals surface area contributed by atoms with E-state index in [4.69, 9.17) is 0 Å². The summed E-state index contributed by atoms with van der Waals surface area (Å²) in [6.07, 6.45) is 1.13. The Morgan fingerprint density at radius 2 is 0.767 bits per heavy atom. The van der Waals surface area contributed by atoms with Crippen LogP contribution in [0.3, 0.4) is 0 Å². The molecule has 0 aliphatic carbocycles. The summed E-state index contributed by atoms with van der Waals surface area (Å²) in [6.45, 7) is 0. The van der Waals surface area contributed by atoms with Crippen molar-refractivity contribution >= 4 is 66.8 Å². The standard InChI is InChI=1S/C18H15Br2P.C8H9Br/c19-21(20,16-10-4-1-5-11-16,17-12-6-2-7-13-17)18-14-8-3-9-15-18;9-7-6-8-4-2-1-3-5-8/h1-15H;1-5H,6-7H2. The minimum absolute atomic E-state index is 1.05. The predicted octanol–water partition coefficient (Wildman–Crippen LogP) is 7.76. The number of rotatable bonds is 5. The molecule has 0 spiro atoms. The van der Waals surface area contributed by atoms with Gasteiger partial charge >= 0.3 is 142 Å². The molecule has 0 nitrogen and oxygen atoms in total. The van der Waals surface area contributed by atoms with E-state index in [1.807, 2.05) is 6.07 Å². The van der Waals surface area contributed by atoms with E-state index in [2.05, 4.69) is 162 Å². The molecule has 0 atom stereocenters. The van der Waals surface area contributed by atoms with Gasteiger partial charge in [0.2, 0.25) is 0 Å². The first-order chi connectivity index (χ1) is 14.6. The molecule has 0 N–H and O–H groups in total. The second-order valence-corrected chi connectivity index (χ2v) is 22.4. The van der Waals surface area contributed by atoms with Gasteiger partial charge in [-0.3, -0.25) is 0 Å². The molecule has 4 aromatic rings. The van der Waals surface area contributed by atoms with Gasteiger partial charge in [0.25, 0.3) is 0 Å². The first-order valence-electron chi connectivity index (χ1n) is 9.77. The van der Waals surface area contributed by atoms with Crippen molar-refractivity contribution < 1.29 is 0 Å². The molecule has 154 valence electrons. The fourth-order valence-corrected chi connectivity index (χ4v) is 11.0. The molecule has 0 saturated carbocycles. The molecule has 0 unspecified atom stereocenters. The Balaban J connectivity index is 0.000000239. The fraction of sp³-hybridized carbons (Fsp3) is 0.0769. The normalized spacial score (nSPS) is 12.2. The summed E-state index contributed by atoms with van der Waals surface area (Å²) in [7, 11) is 0. The molecule has 0 saturated heterocycles. The number of aryl methyl sites for hydroxylation is 1. The van der Waals surface area contributed by atoms with E-state index < -0.39 is 4.01 Å². The predicted molar refractivity (Wildman–Crippen MR) is 147 cm³/mol. The monoisotopic (exact) mass is 604 g/mol. The molecule has 4 heteroatoms. The molecule has 0 amide bonds. The summed E-state index contributed by atoms with van der Waals surface area (Å²) < 4.78 is -2.75. The Bertz CT molecular complexity index is 917. The van der Waals surface area contributed by atoms with Crippen molar-refractivity contribution in [1.82, 2.24) is 0 Å². The summed E-state index contributed by atoms with van der Waals surface area (Å²) in [5.41, 5.74) is 1.40. The van der Waals surface area contributed by atoms with Crippen LogP contribution in [0.5, 0.6) is 0 Å². The summed E-state index contributed by atoms with van der Waals surface area (Å²) in [5, 5.41) is 4.85. The molecule has 0 aliphatic heterocycles. The molecule has 0 bridgehead atoms. The van der Waals surface area contributed by atoms with Gasteiger partial charge in [-0.1, -0.05) is 46.3 Å². The molecule has 0 heterocycles. The second kappa shape index (κ2) is 10.9. The van der Waals surface area contributed by atoms with Crippen molar-refractivity contribution in [3.05, 3.63) is 127 Å². The maximum atomic E-state index is 4.16. The third-order valence-electron chi connectivity index (χ3n) is 4.85. The van der Waals surface area contributed by atoms with Gasteiger partial charge in [0.05, 0.1) is 0 Å². The SMILES string of the molecule is BrCCc1ccccc1.BrP(Br)(c1ccccc1)(c1ccccc1)c1ccccc1. The van der Waals surface area contributed by atoms with Crippen molar-refractivity contribution in [2.75, 3.05) is 5.33 Å². The van der Waals surface area contributed by atoms with E-state index >= 15 is 0 Å². The number of alkyl halides is 1. The van der Waals surface area contributed by atoms with Crippen LogP contribution in [0.4, 0.5) is 0 Å². The number of halogens is 3. The summed E-state index contributed by atoms with van der Waals surface area (Å²) in [6, 6.07) is 42.2. The zero-order valence-corrected chi connectivity index (χ0v) is 22.2. The Labute approximate surface area is 204 Å². The average molecular weight is 607 g/mol. The molecular weight excluding hydrogens is 583 g/mol. The topological polar surface area (TPSA) is 0 Å². The molecule has 30 heavy (non-hydrogen) atoms. The number of benzene rings is 4.